The number of nitrogens with two attached hydrogens (primary N) is 1. The fourth-order valence-corrected chi connectivity index (χ4v) is 1.80. The van der Waals surface area contributed by atoms with E-state index in [1.54, 1.807) is 12.1 Å². The zero-order valence-electron chi connectivity index (χ0n) is 9.55. The van der Waals surface area contributed by atoms with E-state index >= 15 is 0 Å². The van der Waals surface area contributed by atoms with Gasteiger partial charge in [0.2, 0.25) is 0 Å². The molecule has 1 rings (SSSR count). The van der Waals surface area contributed by atoms with Crippen LogP contribution in [0.3, 0.4) is 0 Å². The van der Waals surface area contributed by atoms with Gasteiger partial charge >= 0.3 is 0 Å². The fourth-order valence-electron chi connectivity index (χ4n) is 1.61. The van der Waals surface area contributed by atoms with Crippen molar-refractivity contribution in [3.05, 3.63) is 34.6 Å². The molecule has 0 fully saturated rings. The number of likely N-dealkylation sites (N-methyl/N-ethyl adjacent to an activating group) is 1. The smallest absolute Gasteiger partial charge is 0.126 e. The lowest BCUT2D eigenvalue weighted by molar-refractivity contribution is 0.338. The second-order valence-electron chi connectivity index (χ2n) is 3.93. The Kier molecular flexibility index (Phi) is 5.74. The first kappa shape index (κ1) is 13.4. The molecule has 0 bridgehead atoms. The van der Waals surface area contributed by atoms with Crippen LogP contribution in [0.15, 0.2) is 18.2 Å². The van der Waals surface area contributed by atoms with E-state index in [0.717, 1.165) is 19.5 Å². The molecule has 0 spiro atoms. The number of hydrogen-bond donors (Lipinski definition) is 1. The first-order chi connectivity index (χ1) is 7.63. The standard InChI is InChI=1S/C12H18ClFN2/c1-16(8-6-15)7-2-3-10-9-11(13)4-5-12(10)14/h4-5,9H,2-3,6-8,15H2,1H3. The molecule has 0 radical (unpaired) electrons. The van der Waals surface area contributed by atoms with Gasteiger partial charge in [-0.15, -0.1) is 0 Å². The summed E-state index contributed by atoms with van der Waals surface area (Å²) in [6.07, 6.45) is 1.62. The minimum Gasteiger partial charge on any atom is -0.329 e. The predicted octanol–water partition coefficient (Wildman–Crippen LogP) is 2.30. The first-order valence-electron chi connectivity index (χ1n) is 5.46. The Morgan fingerprint density at radius 1 is 1.38 bits per heavy atom. The highest BCUT2D eigenvalue weighted by atomic mass is 35.5. The summed E-state index contributed by atoms with van der Waals surface area (Å²) in [5.74, 6) is -0.175. The molecular formula is C12H18ClFN2. The van der Waals surface area contributed by atoms with E-state index in [1.807, 2.05) is 7.05 Å². The van der Waals surface area contributed by atoms with E-state index in [2.05, 4.69) is 4.90 Å². The molecule has 16 heavy (non-hydrogen) atoms. The van der Waals surface area contributed by atoms with Crippen LogP contribution in [-0.2, 0) is 6.42 Å². The van der Waals surface area contributed by atoms with Crippen LogP contribution < -0.4 is 5.73 Å². The van der Waals surface area contributed by atoms with Gasteiger partial charge in [0.1, 0.15) is 5.82 Å². The van der Waals surface area contributed by atoms with Crippen LogP contribution in [0.2, 0.25) is 5.02 Å². The SMILES string of the molecule is CN(CCN)CCCc1cc(Cl)ccc1F. The Bertz CT molecular complexity index is 331. The molecule has 1 aromatic carbocycles. The molecule has 0 aliphatic rings. The Morgan fingerprint density at radius 2 is 2.12 bits per heavy atom. The maximum atomic E-state index is 13.3. The molecule has 2 nitrogen and oxygen atoms in total. The Labute approximate surface area is 101 Å². The van der Waals surface area contributed by atoms with Gasteiger partial charge in [-0.05, 0) is 50.2 Å². The van der Waals surface area contributed by atoms with Crippen LogP contribution in [0.1, 0.15) is 12.0 Å². The molecule has 2 N–H and O–H groups in total. The van der Waals surface area contributed by atoms with Crippen molar-refractivity contribution in [3.8, 4) is 0 Å². The van der Waals surface area contributed by atoms with Crippen molar-refractivity contribution in [2.24, 2.45) is 5.73 Å². The number of rotatable bonds is 6. The minimum atomic E-state index is -0.175. The fraction of sp³-hybridized carbons (Fsp3) is 0.500. The molecule has 4 heteroatoms. The van der Waals surface area contributed by atoms with Gasteiger partial charge in [0.15, 0.2) is 0 Å². The number of benzene rings is 1. The summed E-state index contributed by atoms with van der Waals surface area (Å²) in [5.41, 5.74) is 6.13. The molecule has 0 heterocycles. The molecule has 0 saturated heterocycles. The van der Waals surface area contributed by atoms with Crippen LogP contribution in [0.5, 0.6) is 0 Å². The van der Waals surface area contributed by atoms with Gasteiger partial charge in [-0.1, -0.05) is 11.6 Å². The number of halogens is 2. The lowest BCUT2D eigenvalue weighted by atomic mass is 10.1. The van der Waals surface area contributed by atoms with Gasteiger partial charge in [0.25, 0.3) is 0 Å². The largest absolute Gasteiger partial charge is 0.329 e. The normalized spacial score (nSPS) is 11.1. The van der Waals surface area contributed by atoms with Gasteiger partial charge in [-0.25, -0.2) is 4.39 Å². The summed E-state index contributed by atoms with van der Waals surface area (Å²) in [7, 11) is 2.02. The van der Waals surface area contributed by atoms with Gasteiger partial charge in [-0.2, -0.15) is 0 Å². The van der Waals surface area contributed by atoms with Crippen molar-refractivity contribution in [2.75, 3.05) is 26.7 Å². The maximum absolute atomic E-state index is 13.3. The van der Waals surface area contributed by atoms with E-state index in [1.165, 1.54) is 6.07 Å². The third-order valence-corrected chi connectivity index (χ3v) is 2.74. The van der Waals surface area contributed by atoms with Gasteiger partial charge in [0, 0.05) is 18.1 Å². The van der Waals surface area contributed by atoms with E-state index in [9.17, 15) is 4.39 Å². The predicted molar refractivity (Wildman–Crippen MR) is 66.3 cm³/mol. The molecule has 0 aromatic heterocycles. The van der Waals surface area contributed by atoms with Gasteiger partial charge in [-0.3, -0.25) is 0 Å². The number of hydrogen-bond acceptors (Lipinski definition) is 2. The molecule has 0 amide bonds. The summed E-state index contributed by atoms with van der Waals surface area (Å²) in [6.45, 7) is 2.45. The molecule has 90 valence electrons. The third kappa shape index (κ3) is 4.47. The number of aryl methyl sites for hydroxylation is 1. The highest BCUT2D eigenvalue weighted by molar-refractivity contribution is 6.30. The Balaban J connectivity index is 2.39. The second-order valence-corrected chi connectivity index (χ2v) is 4.37. The van der Waals surface area contributed by atoms with Crippen molar-refractivity contribution in [1.82, 2.24) is 4.90 Å². The molecular weight excluding hydrogens is 227 g/mol. The maximum Gasteiger partial charge on any atom is 0.126 e. The Hall–Kier alpha value is -0.640. The van der Waals surface area contributed by atoms with Crippen LogP contribution in [0.25, 0.3) is 0 Å². The van der Waals surface area contributed by atoms with E-state index in [0.29, 0.717) is 23.6 Å². The van der Waals surface area contributed by atoms with Crippen molar-refractivity contribution >= 4 is 11.6 Å². The van der Waals surface area contributed by atoms with Crippen LogP contribution in [-0.4, -0.2) is 31.6 Å². The highest BCUT2D eigenvalue weighted by Gasteiger charge is 2.03. The van der Waals surface area contributed by atoms with Crippen LogP contribution >= 0.6 is 11.6 Å². The second kappa shape index (κ2) is 6.84. The molecule has 0 atom stereocenters. The molecule has 0 aliphatic heterocycles. The Morgan fingerprint density at radius 3 is 2.81 bits per heavy atom. The zero-order valence-corrected chi connectivity index (χ0v) is 10.3. The average molecular weight is 245 g/mol. The van der Waals surface area contributed by atoms with Crippen LogP contribution in [0, 0.1) is 5.82 Å². The zero-order chi connectivity index (χ0) is 12.0. The monoisotopic (exact) mass is 244 g/mol. The molecule has 0 saturated carbocycles. The van der Waals surface area contributed by atoms with Crippen molar-refractivity contribution in [3.63, 3.8) is 0 Å². The van der Waals surface area contributed by atoms with E-state index in [-0.39, 0.29) is 5.82 Å². The van der Waals surface area contributed by atoms with Crippen LogP contribution in [0.4, 0.5) is 4.39 Å². The van der Waals surface area contributed by atoms with Crippen molar-refractivity contribution in [1.29, 1.82) is 0 Å². The van der Waals surface area contributed by atoms with Crippen molar-refractivity contribution < 1.29 is 4.39 Å². The third-order valence-electron chi connectivity index (χ3n) is 2.50. The van der Waals surface area contributed by atoms with Crippen molar-refractivity contribution in [2.45, 2.75) is 12.8 Å². The highest BCUT2D eigenvalue weighted by Crippen LogP contribution is 2.16. The lowest BCUT2D eigenvalue weighted by Gasteiger charge is -2.15. The quantitative estimate of drug-likeness (QED) is 0.832. The first-order valence-corrected chi connectivity index (χ1v) is 5.84. The average Bonchev–Trinajstić information content (AvgIpc) is 2.23. The minimum absolute atomic E-state index is 0.175. The van der Waals surface area contributed by atoms with E-state index in [4.69, 9.17) is 17.3 Å². The summed E-state index contributed by atoms with van der Waals surface area (Å²) >= 11 is 5.81. The van der Waals surface area contributed by atoms with Gasteiger partial charge < -0.3 is 10.6 Å². The lowest BCUT2D eigenvalue weighted by Crippen LogP contribution is -2.26. The van der Waals surface area contributed by atoms with E-state index < -0.39 is 0 Å². The number of nitrogens with zero attached hydrogens (tertiary/aromatic N) is 1. The van der Waals surface area contributed by atoms with Gasteiger partial charge in [0.05, 0.1) is 0 Å². The topological polar surface area (TPSA) is 29.3 Å². The molecule has 0 unspecified atom stereocenters. The molecule has 0 aliphatic carbocycles. The molecule has 1 aromatic rings. The summed E-state index contributed by atoms with van der Waals surface area (Å²) in [6, 6.07) is 4.68. The summed E-state index contributed by atoms with van der Waals surface area (Å²) < 4.78 is 13.3. The summed E-state index contributed by atoms with van der Waals surface area (Å²) in [4.78, 5) is 2.14. The summed E-state index contributed by atoms with van der Waals surface area (Å²) in [5, 5.41) is 0.590.